The molecule has 2 heterocycles. The molecule has 0 aliphatic carbocycles. The minimum absolute atomic E-state index is 0.0253. The molecule has 0 radical (unpaired) electrons. The van der Waals surface area contributed by atoms with Crippen molar-refractivity contribution in [2.75, 3.05) is 19.0 Å². The second kappa shape index (κ2) is 6.01. The van der Waals surface area contributed by atoms with Crippen LogP contribution in [0.2, 0.25) is 0 Å². The Bertz CT molecular complexity index is 513. The molecule has 0 saturated carbocycles. The Morgan fingerprint density at radius 3 is 2.81 bits per heavy atom. The highest BCUT2D eigenvalue weighted by molar-refractivity contribution is 7.99. The maximum absolute atomic E-state index is 10.9. The van der Waals surface area contributed by atoms with Crippen molar-refractivity contribution in [2.45, 2.75) is 56.6 Å². The zero-order chi connectivity index (χ0) is 15.7. The van der Waals surface area contributed by atoms with Gasteiger partial charge in [0.25, 0.3) is 0 Å². The van der Waals surface area contributed by atoms with E-state index in [2.05, 4.69) is 37.2 Å². The van der Waals surface area contributed by atoms with Crippen molar-refractivity contribution in [2.24, 2.45) is 0 Å². The fourth-order valence-corrected chi connectivity index (χ4v) is 3.54. The third-order valence-corrected chi connectivity index (χ3v) is 4.72. The van der Waals surface area contributed by atoms with Crippen LogP contribution in [-0.4, -0.2) is 39.6 Å². The predicted octanol–water partition coefficient (Wildman–Crippen LogP) is 2.88. The number of rotatable bonds is 4. The van der Waals surface area contributed by atoms with Crippen molar-refractivity contribution in [1.82, 2.24) is 9.55 Å². The average molecular weight is 312 g/mol. The Morgan fingerprint density at radius 2 is 2.29 bits per heavy atom. The van der Waals surface area contributed by atoms with Gasteiger partial charge >= 0.3 is 5.97 Å². The van der Waals surface area contributed by atoms with Crippen LogP contribution in [0.1, 0.15) is 46.2 Å². The molecule has 118 valence electrons. The summed E-state index contributed by atoms with van der Waals surface area (Å²) >= 11 is 1.28. The molecule has 2 rings (SSSR count). The van der Waals surface area contributed by atoms with Gasteiger partial charge in [0.15, 0.2) is 5.16 Å². The molecule has 1 N–H and O–H groups in total. The fraction of sp³-hybridized carbons (Fsp3) is 0.733. The zero-order valence-corrected chi connectivity index (χ0v) is 14.0. The van der Waals surface area contributed by atoms with E-state index in [9.17, 15) is 4.79 Å². The SMILES string of the molecule is CC(C)(C)c1cnc(SCC(=O)O)n1C1(C)CCCOC1. The number of carboxylic acids is 1. The van der Waals surface area contributed by atoms with Crippen molar-refractivity contribution >= 4 is 17.7 Å². The van der Waals surface area contributed by atoms with Crippen molar-refractivity contribution in [3.05, 3.63) is 11.9 Å². The molecule has 1 unspecified atom stereocenters. The van der Waals surface area contributed by atoms with E-state index in [0.29, 0.717) is 6.61 Å². The maximum Gasteiger partial charge on any atom is 0.313 e. The average Bonchev–Trinajstić information content (AvgIpc) is 2.81. The summed E-state index contributed by atoms with van der Waals surface area (Å²) in [7, 11) is 0. The molecule has 1 fully saturated rings. The van der Waals surface area contributed by atoms with Gasteiger partial charge in [-0.3, -0.25) is 4.79 Å². The highest BCUT2D eigenvalue weighted by Gasteiger charge is 2.36. The number of hydrogen-bond donors (Lipinski definition) is 1. The number of aromatic nitrogens is 2. The van der Waals surface area contributed by atoms with Gasteiger partial charge in [0, 0.05) is 23.9 Å². The molecule has 1 aliphatic rings. The number of thioether (sulfide) groups is 1. The van der Waals surface area contributed by atoms with E-state index in [0.717, 1.165) is 30.3 Å². The molecule has 0 spiro atoms. The van der Waals surface area contributed by atoms with Gasteiger partial charge in [-0.1, -0.05) is 32.5 Å². The molecule has 1 atom stereocenters. The van der Waals surface area contributed by atoms with Crippen LogP contribution in [0.4, 0.5) is 0 Å². The van der Waals surface area contributed by atoms with Gasteiger partial charge in [-0.25, -0.2) is 4.98 Å². The summed E-state index contributed by atoms with van der Waals surface area (Å²) in [4.78, 5) is 15.3. The first-order chi connectivity index (χ1) is 9.74. The molecule has 21 heavy (non-hydrogen) atoms. The molecule has 1 saturated heterocycles. The van der Waals surface area contributed by atoms with Gasteiger partial charge in [-0.2, -0.15) is 0 Å². The van der Waals surface area contributed by atoms with E-state index >= 15 is 0 Å². The van der Waals surface area contributed by atoms with Crippen molar-refractivity contribution < 1.29 is 14.6 Å². The van der Waals surface area contributed by atoms with Crippen LogP contribution in [0.15, 0.2) is 11.4 Å². The Morgan fingerprint density at radius 1 is 1.57 bits per heavy atom. The van der Waals surface area contributed by atoms with E-state index in [1.54, 1.807) is 0 Å². The third-order valence-electron chi connectivity index (χ3n) is 3.78. The van der Waals surface area contributed by atoms with Crippen LogP contribution < -0.4 is 0 Å². The summed E-state index contributed by atoms with van der Waals surface area (Å²) < 4.78 is 7.89. The van der Waals surface area contributed by atoms with Gasteiger partial charge in [-0.05, 0) is 19.8 Å². The molecule has 0 bridgehead atoms. The summed E-state index contributed by atoms with van der Waals surface area (Å²) in [6.07, 6.45) is 3.92. The number of imidazole rings is 1. The van der Waals surface area contributed by atoms with Gasteiger partial charge in [0.1, 0.15) is 0 Å². The zero-order valence-electron chi connectivity index (χ0n) is 13.2. The molecule has 5 nitrogen and oxygen atoms in total. The summed E-state index contributed by atoms with van der Waals surface area (Å²) in [5.74, 6) is -0.797. The van der Waals surface area contributed by atoms with Gasteiger partial charge < -0.3 is 14.4 Å². The lowest BCUT2D eigenvalue weighted by Crippen LogP contribution is -2.42. The highest BCUT2D eigenvalue weighted by Crippen LogP contribution is 2.37. The number of carbonyl (C=O) groups is 1. The molecule has 1 aromatic rings. The van der Waals surface area contributed by atoms with E-state index in [1.165, 1.54) is 11.8 Å². The quantitative estimate of drug-likeness (QED) is 0.866. The summed E-state index contributed by atoms with van der Waals surface area (Å²) in [6.45, 7) is 10.1. The fourth-order valence-electron chi connectivity index (χ4n) is 2.71. The van der Waals surface area contributed by atoms with Gasteiger partial charge in [0.05, 0.1) is 17.9 Å². The van der Waals surface area contributed by atoms with Crippen LogP contribution in [-0.2, 0) is 20.5 Å². The molecule has 1 aliphatic heterocycles. The lowest BCUT2D eigenvalue weighted by Gasteiger charge is -2.39. The van der Waals surface area contributed by atoms with E-state index in [4.69, 9.17) is 9.84 Å². The lowest BCUT2D eigenvalue weighted by molar-refractivity contribution is -0.133. The number of aliphatic carboxylic acids is 1. The van der Waals surface area contributed by atoms with Crippen molar-refractivity contribution in [3.63, 3.8) is 0 Å². The topological polar surface area (TPSA) is 64.3 Å². The molecular weight excluding hydrogens is 288 g/mol. The summed E-state index contributed by atoms with van der Waals surface area (Å²) in [5.41, 5.74) is 0.927. The van der Waals surface area contributed by atoms with Crippen LogP contribution in [0.5, 0.6) is 0 Å². The Hall–Kier alpha value is -1.01. The molecule has 0 aromatic carbocycles. The summed E-state index contributed by atoms with van der Waals surface area (Å²) in [6, 6.07) is 0. The van der Waals surface area contributed by atoms with E-state index in [-0.39, 0.29) is 16.7 Å². The van der Waals surface area contributed by atoms with Crippen LogP contribution in [0, 0.1) is 0 Å². The minimum Gasteiger partial charge on any atom is -0.481 e. The predicted molar refractivity (Wildman–Crippen MR) is 83.0 cm³/mol. The molecule has 0 amide bonds. The highest BCUT2D eigenvalue weighted by atomic mass is 32.2. The Balaban J connectivity index is 2.42. The normalized spacial score (nSPS) is 23.2. The van der Waals surface area contributed by atoms with E-state index in [1.807, 2.05) is 6.20 Å². The van der Waals surface area contributed by atoms with Crippen molar-refractivity contribution in [1.29, 1.82) is 0 Å². The van der Waals surface area contributed by atoms with E-state index < -0.39 is 5.97 Å². The minimum atomic E-state index is -0.822. The monoisotopic (exact) mass is 312 g/mol. The third kappa shape index (κ3) is 3.61. The second-order valence-corrected chi connectivity index (χ2v) is 7.79. The molecule has 6 heteroatoms. The number of hydrogen-bond acceptors (Lipinski definition) is 4. The Labute approximate surface area is 130 Å². The number of carboxylic acid groups (broad SMARTS) is 1. The van der Waals surface area contributed by atoms with Crippen LogP contribution in [0.3, 0.4) is 0 Å². The van der Waals surface area contributed by atoms with Crippen LogP contribution in [0.25, 0.3) is 0 Å². The Kier molecular flexibility index (Phi) is 4.68. The first-order valence-electron chi connectivity index (χ1n) is 7.25. The number of ether oxygens (including phenoxy) is 1. The van der Waals surface area contributed by atoms with Gasteiger partial charge in [-0.15, -0.1) is 0 Å². The maximum atomic E-state index is 10.9. The standard InChI is InChI=1S/C15H24N2O3S/c1-14(2,3)11-8-16-13(21-9-12(18)19)17(11)15(4)6-5-7-20-10-15/h8H,5-7,9-10H2,1-4H3,(H,18,19). The first-order valence-corrected chi connectivity index (χ1v) is 8.24. The molecular formula is C15H24N2O3S. The van der Waals surface area contributed by atoms with Gasteiger partial charge in [0.2, 0.25) is 0 Å². The van der Waals surface area contributed by atoms with Crippen molar-refractivity contribution in [3.8, 4) is 0 Å². The van der Waals surface area contributed by atoms with Crippen LogP contribution >= 0.6 is 11.8 Å². The summed E-state index contributed by atoms with van der Waals surface area (Å²) in [5, 5.41) is 9.70. The molecule has 1 aromatic heterocycles. The first kappa shape index (κ1) is 16.4. The largest absolute Gasteiger partial charge is 0.481 e. The lowest BCUT2D eigenvalue weighted by atomic mass is 9.88. The second-order valence-electron chi connectivity index (χ2n) is 6.85. The number of nitrogens with zero attached hydrogens (tertiary/aromatic N) is 2. The smallest absolute Gasteiger partial charge is 0.313 e.